The number of carbonyl (C=O) groups is 2. The molecule has 78 valence electrons. The minimum absolute atomic E-state index is 0.295. The van der Waals surface area contributed by atoms with Crippen LogP contribution in [-0.2, 0) is 0 Å². The van der Waals surface area contributed by atoms with Crippen LogP contribution in [0.2, 0.25) is 0 Å². The van der Waals surface area contributed by atoms with Gasteiger partial charge < -0.3 is 5.73 Å². The van der Waals surface area contributed by atoms with E-state index in [0.717, 1.165) is 10.8 Å². The molecule has 1 aliphatic heterocycles. The molecule has 0 unspecified atom stereocenters. The Morgan fingerprint density at radius 1 is 1.00 bits per heavy atom. The first kappa shape index (κ1) is 8.91. The third-order valence-corrected chi connectivity index (χ3v) is 2.76. The van der Waals surface area contributed by atoms with Crippen molar-refractivity contribution in [1.82, 2.24) is 5.32 Å². The molecule has 3 N–H and O–H groups in total. The maximum Gasteiger partial charge on any atom is 0.261 e. The summed E-state index contributed by atoms with van der Waals surface area (Å²) in [6.45, 7) is 0. The van der Waals surface area contributed by atoms with Crippen LogP contribution >= 0.6 is 0 Å². The third kappa shape index (κ3) is 0.982. The second kappa shape index (κ2) is 2.82. The molecular formula is C12H8N2O2. The van der Waals surface area contributed by atoms with Crippen LogP contribution in [0.1, 0.15) is 20.7 Å². The lowest BCUT2D eigenvalue weighted by molar-refractivity contribution is 0.0880. The maximum atomic E-state index is 11.7. The number of hydrogen-bond donors (Lipinski definition) is 2. The van der Waals surface area contributed by atoms with Gasteiger partial charge in [0.2, 0.25) is 0 Å². The Kier molecular flexibility index (Phi) is 1.57. The predicted octanol–water partition coefficient (Wildman–Crippen LogP) is 1.31. The zero-order valence-corrected chi connectivity index (χ0v) is 8.28. The topological polar surface area (TPSA) is 72.2 Å². The van der Waals surface area contributed by atoms with E-state index >= 15 is 0 Å². The number of carbonyl (C=O) groups excluding carboxylic acids is 2. The molecule has 0 fully saturated rings. The largest absolute Gasteiger partial charge is 0.398 e. The summed E-state index contributed by atoms with van der Waals surface area (Å²) in [5.74, 6) is -0.785. The molecule has 0 radical (unpaired) electrons. The van der Waals surface area contributed by atoms with E-state index in [1.165, 1.54) is 0 Å². The van der Waals surface area contributed by atoms with Crippen LogP contribution in [-0.4, -0.2) is 11.8 Å². The van der Waals surface area contributed by atoms with Crippen LogP contribution in [0.15, 0.2) is 30.3 Å². The first-order valence-electron chi connectivity index (χ1n) is 4.85. The van der Waals surface area contributed by atoms with Gasteiger partial charge >= 0.3 is 0 Å². The second-order valence-corrected chi connectivity index (χ2v) is 3.72. The highest BCUT2D eigenvalue weighted by Crippen LogP contribution is 2.30. The molecule has 0 spiro atoms. The van der Waals surface area contributed by atoms with Gasteiger partial charge in [0.1, 0.15) is 0 Å². The van der Waals surface area contributed by atoms with Crippen molar-refractivity contribution < 1.29 is 9.59 Å². The molecule has 2 aromatic rings. The van der Waals surface area contributed by atoms with E-state index in [2.05, 4.69) is 5.32 Å². The monoisotopic (exact) mass is 212 g/mol. The fourth-order valence-corrected chi connectivity index (χ4v) is 2.08. The number of anilines is 1. The number of fused-ring (bicyclic) bond motifs is 3. The van der Waals surface area contributed by atoms with Crippen molar-refractivity contribution in [3.05, 3.63) is 41.5 Å². The molecule has 0 atom stereocenters. The summed E-state index contributed by atoms with van der Waals surface area (Å²) in [7, 11) is 0. The molecule has 1 heterocycles. The van der Waals surface area contributed by atoms with Gasteiger partial charge in [0.05, 0.1) is 11.1 Å². The van der Waals surface area contributed by atoms with Crippen LogP contribution in [0.25, 0.3) is 10.8 Å². The van der Waals surface area contributed by atoms with Gasteiger partial charge in [-0.3, -0.25) is 14.9 Å². The van der Waals surface area contributed by atoms with Crippen LogP contribution in [0.4, 0.5) is 5.69 Å². The van der Waals surface area contributed by atoms with E-state index in [4.69, 9.17) is 5.73 Å². The first-order chi connectivity index (χ1) is 7.68. The number of amides is 2. The first-order valence-corrected chi connectivity index (χ1v) is 4.85. The molecule has 2 aromatic carbocycles. The summed E-state index contributed by atoms with van der Waals surface area (Å²) in [6, 6.07) is 9.08. The van der Waals surface area contributed by atoms with Crippen LogP contribution in [0.3, 0.4) is 0 Å². The highest BCUT2D eigenvalue weighted by Gasteiger charge is 2.30. The summed E-state index contributed by atoms with van der Waals surface area (Å²) >= 11 is 0. The van der Waals surface area contributed by atoms with Crippen molar-refractivity contribution in [2.45, 2.75) is 0 Å². The zero-order valence-electron chi connectivity index (χ0n) is 8.28. The molecular weight excluding hydrogens is 204 g/mol. The predicted molar refractivity (Wildman–Crippen MR) is 60.2 cm³/mol. The SMILES string of the molecule is Nc1cc2ccccc2c2c1C(=O)NC2=O. The van der Waals surface area contributed by atoms with Gasteiger partial charge in [-0.15, -0.1) is 0 Å². The number of imide groups is 1. The van der Waals surface area contributed by atoms with E-state index in [1.807, 2.05) is 24.3 Å². The minimum Gasteiger partial charge on any atom is -0.398 e. The lowest BCUT2D eigenvalue weighted by Crippen LogP contribution is -2.20. The van der Waals surface area contributed by atoms with E-state index in [0.29, 0.717) is 16.8 Å². The second-order valence-electron chi connectivity index (χ2n) is 3.72. The van der Waals surface area contributed by atoms with Gasteiger partial charge in [-0.2, -0.15) is 0 Å². The Bertz CT molecular complexity index is 647. The Balaban J connectivity index is 2.54. The van der Waals surface area contributed by atoms with Crippen molar-refractivity contribution in [3.63, 3.8) is 0 Å². The van der Waals surface area contributed by atoms with Crippen molar-refractivity contribution in [3.8, 4) is 0 Å². The van der Waals surface area contributed by atoms with E-state index < -0.39 is 5.91 Å². The highest BCUT2D eigenvalue weighted by atomic mass is 16.2. The Morgan fingerprint density at radius 2 is 1.69 bits per heavy atom. The summed E-state index contributed by atoms with van der Waals surface area (Å²) in [4.78, 5) is 23.2. The van der Waals surface area contributed by atoms with Gasteiger partial charge in [-0.1, -0.05) is 24.3 Å². The smallest absolute Gasteiger partial charge is 0.261 e. The van der Waals surface area contributed by atoms with Gasteiger partial charge in [0, 0.05) is 5.69 Å². The van der Waals surface area contributed by atoms with E-state index in [1.54, 1.807) is 6.07 Å². The number of hydrogen-bond acceptors (Lipinski definition) is 3. The maximum absolute atomic E-state index is 11.7. The molecule has 4 nitrogen and oxygen atoms in total. The Hall–Kier alpha value is -2.36. The van der Waals surface area contributed by atoms with Crippen molar-refractivity contribution in [2.75, 3.05) is 5.73 Å². The molecule has 0 aromatic heterocycles. The summed E-state index contributed by atoms with van der Waals surface area (Å²) in [5.41, 5.74) is 6.81. The van der Waals surface area contributed by atoms with Crippen molar-refractivity contribution >= 4 is 28.3 Å². The summed E-state index contributed by atoms with van der Waals surface area (Å²) in [5, 5.41) is 3.88. The molecule has 0 saturated carbocycles. The van der Waals surface area contributed by atoms with Gasteiger partial charge in [-0.05, 0) is 16.8 Å². The van der Waals surface area contributed by atoms with Crippen molar-refractivity contribution in [1.29, 1.82) is 0 Å². The molecule has 3 rings (SSSR count). The van der Waals surface area contributed by atoms with Gasteiger partial charge in [0.15, 0.2) is 0 Å². The summed E-state index contributed by atoms with van der Waals surface area (Å²) in [6.07, 6.45) is 0. The standard InChI is InChI=1S/C12H8N2O2/c13-8-5-6-3-1-2-4-7(6)9-10(8)12(16)14-11(9)15/h1-5H,13H2,(H,14,15,16). The third-order valence-electron chi connectivity index (χ3n) is 2.76. The number of benzene rings is 2. The number of nitrogens with one attached hydrogen (secondary N) is 1. The number of nitrogens with two attached hydrogens (primary N) is 1. The quantitative estimate of drug-likeness (QED) is 0.510. The molecule has 0 aliphatic carbocycles. The molecule has 4 heteroatoms. The zero-order chi connectivity index (χ0) is 11.3. The summed E-state index contributed by atoms with van der Waals surface area (Å²) < 4.78 is 0. The van der Waals surface area contributed by atoms with E-state index in [9.17, 15) is 9.59 Å². The van der Waals surface area contributed by atoms with Gasteiger partial charge in [-0.25, -0.2) is 0 Å². The van der Waals surface area contributed by atoms with Crippen LogP contribution < -0.4 is 11.1 Å². The van der Waals surface area contributed by atoms with Crippen molar-refractivity contribution in [2.24, 2.45) is 0 Å². The normalized spacial score (nSPS) is 14.0. The Labute approximate surface area is 91.0 Å². The molecule has 1 aliphatic rings. The average Bonchev–Trinajstić information content (AvgIpc) is 2.55. The lowest BCUT2D eigenvalue weighted by Gasteiger charge is -2.04. The number of rotatable bonds is 0. The fourth-order valence-electron chi connectivity index (χ4n) is 2.08. The van der Waals surface area contributed by atoms with Gasteiger partial charge in [0.25, 0.3) is 11.8 Å². The van der Waals surface area contributed by atoms with E-state index in [-0.39, 0.29) is 5.91 Å². The Morgan fingerprint density at radius 3 is 2.50 bits per heavy atom. The fraction of sp³-hybridized carbons (Fsp3) is 0. The highest BCUT2D eigenvalue weighted by molar-refractivity contribution is 6.28. The number of nitrogen functional groups attached to an aromatic ring is 1. The molecule has 0 bridgehead atoms. The molecule has 16 heavy (non-hydrogen) atoms. The average molecular weight is 212 g/mol. The van der Waals surface area contributed by atoms with Crippen LogP contribution in [0.5, 0.6) is 0 Å². The lowest BCUT2D eigenvalue weighted by atomic mass is 9.99. The van der Waals surface area contributed by atoms with Crippen LogP contribution in [0, 0.1) is 0 Å². The molecule has 2 amide bonds. The molecule has 0 saturated heterocycles. The minimum atomic E-state index is -0.414.